The van der Waals surface area contributed by atoms with Crippen molar-refractivity contribution in [2.24, 2.45) is 5.16 Å². The first kappa shape index (κ1) is 43.6. The van der Waals surface area contributed by atoms with Crippen LogP contribution >= 0.6 is 23.1 Å². The largest absolute Gasteiger partial charge is 0.448 e. The number of carbonyl (C=O) groups excluding carboxylic acids is 4. The smallest absolute Gasteiger partial charge is 0.356 e. The van der Waals surface area contributed by atoms with Gasteiger partial charge in [-0.2, -0.15) is 0 Å². The number of fused-ring (bicyclic) bond motifs is 1. The molecule has 2 amide bonds. The van der Waals surface area contributed by atoms with E-state index < -0.39 is 40.8 Å². The van der Waals surface area contributed by atoms with E-state index in [1.807, 2.05) is 121 Å². The van der Waals surface area contributed by atoms with Gasteiger partial charge in [-0.25, -0.2) is 9.78 Å². The molecule has 328 valence electrons. The van der Waals surface area contributed by atoms with E-state index in [4.69, 9.17) is 14.6 Å². The molecule has 0 radical (unpaired) electrons. The average molecular weight is 910 g/mol. The summed E-state index contributed by atoms with van der Waals surface area (Å²) in [6.07, 6.45) is -0.914. The molecule has 2 aliphatic rings. The number of thioether (sulfide) groups is 1. The van der Waals surface area contributed by atoms with Gasteiger partial charge in [0.2, 0.25) is 0 Å². The van der Waals surface area contributed by atoms with E-state index in [9.17, 15) is 19.2 Å². The zero-order valence-corrected chi connectivity index (χ0v) is 37.3. The van der Waals surface area contributed by atoms with Crippen molar-refractivity contribution >= 4 is 57.5 Å². The third kappa shape index (κ3) is 8.78. The monoisotopic (exact) mass is 909 g/mol. The van der Waals surface area contributed by atoms with Crippen LogP contribution in [-0.2, 0) is 29.5 Å². The van der Waals surface area contributed by atoms with Gasteiger partial charge in [0.25, 0.3) is 11.8 Å². The number of thiazole rings is 1. The second-order valence-electron chi connectivity index (χ2n) is 15.5. The number of carbonyl (C=O) groups is 4. The molecule has 1 aromatic heterocycles. The zero-order chi connectivity index (χ0) is 45.5. The number of hydrogen-bond donors (Lipinski definition) is 2. The number of nitrogens with zero attached hydrogens (tertiary/aromatic N) is 3. The Morgan fingerprint density at radius 3 is 1.76 bits per heavy atom. The molecule has 7 aromatic rings. The van der Waals surface area contributed by atoms with E-state index in [-0.39, 0.29) is 35.1 Å². The molecule has 0 saturated carbocycles. The average Bonchev–Trinajstić information content (AvgIpc) is 3.84. The van der Waals surface area contributed by atoms with Gasteiger partial charge in [0.15, 0.2) is 22.7 Å². The summed E-state index contributed by atoms with van der Waals surface area (Å²) in [7, 11) is 1.33. The molecule has 1 saturated heterocycles. The molecule has 1 fully saturated rings. The zero-order valence-electron chi connectivity index (χ0n) is 35.7. The van der Waals surface area contributed by atoms with Crippen molar-refractivity contribution < 1.29 is 28.8 Å². The number of esters is 1. The highest BCUT2D eigenvalue weighted by molar-refractivity contribution is 8.00. The summed E-state index contributed by atoms with van der Waals surface area (Å²) in [6.45, 7) is 0. The first-order valence-corrected chi connectivity index (χ1v) is 23.2. The topological polar surface area (TPSA) is 139 Å². The first-order chi connectivity index (χ1) is 32.4. The Morgan fingerprint density at radius 2 is 1.24 bits per heavy atom. The number of oxime groups is 1. The fraction of sp³-hybridized carbons (Fsp3) is 0.132. The summed E-state index contributed by atoms with van der Waals surface area (Å²) in [5, 5.41) is 12.2. The van der Waals surface area contributed by atoms with Crippen LogP contribution in [0.25, 0.3) is 0 Å². The van der Waals surface area contributed by atoms with Crippen molar-refractivity contribution in [2.45, 2.75) is 29.5 Å². The molecular weight excluding hydrogens is 867 g/mol. The van der Waals surface area contributed by atoms with Crippen molar-refractivity contribution in [3.63, 3.8) is 0 Å². The van der Waals surface area contributed by atoms with E-state index >= 15 is 0 Å². The van der Waals surface area contributed by atoms with Crippen molar-refractivity contribution in [3.05, 3.63) is 238 Å². The van der Waals surface area contributed by atoms with Crippen molar-refractivity contribution in [1.82, 2.24) is 15.2 Å². The highest BCUT2D eigenvalue weighted by Crippen LogP contribution is 2.44. The summed E-state index contributed by atoms with van der Waals surface area (Å²) in [6, 6.07) is 56.6. The molecule has 2 aliphatic heterocycles. The van der Waals surface area contributed by atoms with Crippen LogP contribution in [0.4, 0.5) is 5.13 Å². The molecule has 0 bridgehead atoms. The number of benzene rings is 6. The normalized spacial score (nSPS) is 15.9. The number of β-lactam (4-membered cyclic amide) rings is 1. The van der Waals surface area contributed by atoms with Gasteiger partial charge in [-0.15, -0.1) is 23.1 Å². The molecule has 3 heterocycles. The maximum Gasteiger partial charge on any atom is 0.356 e. The van der Waals surface area contributed by atoms with Gasteiger partial charge < -0.3 is 20.2 Å². The number of ether oxygens (including phenoxy) is 1. The summed E-state index contributed by atoms with van der Waals surface area (Å²) in [5.41, 5.74) is 4.52. The fourth-order valence-electron chi connectivity index (χ4n) is 8.36. The van der Waals surface area contributed by atoms with Gasteiger partial charge in [-0.3, -0.25) is 19.3 Å². The SMILES string of the molecule is CON=C(C(=O)NC1C(=O)N2C(C(=O)OC(c3ccccc3)c3ccccc3)=C(CC(=O)c3ccccc3)CSC12)c1csc(NC(c2ccccc2)(c2ccccc2)c2ccccc2)n1. The Morgan fingerprint density at radius 1 is 0.742 bits per heavy atom. The summed E-state index contributed by atoms with van der Waals surface area (Å²) in [4.78, 5) is 68.2. The lowest BCUT2D eigenvalue weighted by molar-refractivity contribution is -0.154. The minimum Gasteiger partial charge on any atom is -0.448 e. The molecule has 2 atom stereocenters. The predicted molar refractivity (Wildman–Crippen MR) is 257 cm³/mol. The van der Waals surface area contributed by atoms with Crippen molar-refractivity contribution in [2.75, 3.05) is 18.2 Å². The van der Waals surface area contributed by atoms with E-state index in [0.29, 0.717) is 16.3 Å². The van der Waals surface area contributed by atoms with Crippen LogP contribution in [-0.4, -0.2) is 63.4 Å². The lowest BCUT2D eigenvalue weighted by Crippen LogP contribution is -2.71. The number of nitrogens with one attached hydrogen (secondary N) is 2. The number of Topliss-reactive ketones (excluding diaryl/α,β-unsaturated/α-hetero) is 1. The van der Waals surface area contributed by atoms with Crippen LogP contribution in [0.3, 0.4) is 0 Å². The molecule has 2 N–H and O–H groups in total. The Bertz CT molecular complexity index is 2760. The molecule has 9 rings (SSSR count). The highest BCUT2D eigenvalue weighted by Gasteiger charge is 2.55. The second-order valence-corrected chi connectivity index (χ2v) is 17.5. The lowest BCUT2D eigenvalue weighted by atomic mass is 9.77. The molecule has 11 nitrogen and oxygen atoms in total. The standard InChI is InChI=1S/C53H43N5O6S2/c1-63-57-44(42-34-66-52(54-42)56-53(39-26-14-5-15-27-39,40-28-16-6-17-29-40)41-30-18-7-19-31-41)48(60)55-45-49(61)58-46(38(33-65-50(45)58)32-43(59)35-20-8-2-9-21-35)51(62)64-47(36-22-10-3-11-23-36)37-24-12-4-13-25-37/h2-31,34,45,47,50H,32-33H2,1H3,(H,54,56)(H,55,60). The van der Waals surface area contributed by atoms with Gasteiger partial charge in [-0.1, -0.05) is 187 Å². The van der Waals surface area contributed by atoms with E-state index in [0.717, 1.165) is 27.8 Å². The number of aromatic nitrogens is 1. The Kier molecular flexibility index (Phi) is 13.0. The maximum atomic E-state index is 14.6. The fourth-order valence-corrected chi connectivity index (χ4v) is 10.5. The summed E-state index contributed by atoms with van der Waals surface area (Å²) >= 11 is 2.64. The van der Waals surface area contributed by atoms with Gasteiger partial charge >= 0.3 is 5.97 Å². The Labute approximate surface area is 390 Å². The predicted octanol–water partition coefficient (Wildman–Crippen LogP) is 9.16. The van der Waals surface area contributed by atoms with Gasteiger partial charge in [0, 0.05) is 23.1 Å². The summed E-state index contributed by atoms with van der Waals surface area (Å²) < 4.78 is 6.30. The number of amides is 2. The van der Waals surface area contributed by atoms with Crippen LogP contribution < -0.4 is 10.6 Å². The molecule has 0 aliphatic carbocycles. The maximum absolute atomic E-state index is 14.6. The second kappa shape index (κ2) is 19.6. The molecular formula is C53H43N5O6S2. The Hall–Kier alpha value is -7.61. The molecule has 6 aromatic carbocycles. The van der Waals surface area contributed by atoms with E-state index in [1.54, 1.807) is 29.6 Å². The minimum absolute atomic E-state index is 0.00452. The van der Waals surface area contributed by atoms with Crippen LogP contribution in [0.2, 0.25) is 0 Å². The van der Waals surface area contributed by atoms with Crippen LogP contribution in [0.5, 0.6) is 0 Å². The van der Waals surface area contributed by atoms with E-state index in [2.05, 4.69) is 52.2 Å². The van der Waals surface area contributed by atoms with E-state index in [1.165, 1.54) is 35.1 Å². The van der Waals surface area contributed by atoms with Crippen LogP contribution in [0.15, 0.2) is 204 Å². The molecule has 2 unspecified atom stereocenters. The van der Waals surface area contributed by atoms with Crippen LogP contribution in [0, 0.1) is 0 Å². The van der Waals surface area contributed by atoms with Crippen LogP contribution in [0.1, 0.15) is 56.4 Å². The molecule has 13 heteroatoms. The number of hydrogen-bond acceptors (Lipinski definition) is 11. The third-order valence-electron chi connectivity index (χ3n) is 11.5. The number of anilines is 1. The lowest BCUT2D eigenvalue weighted by Gasteiger charge is -2.49. The van der Waals surface area contributed by atoms with Crippen molar-refractivity contribution in [1.29, 1.82) is 0 Å². The third-order valence-corrected chi connectivity index (χ3v) is 13.6. The van der Waals surface area contributed by atoms with Gasteiger partial charge in [0.1, 0.15) is 35.5 Å². The number of rotatable bonds is 16. The van der Waals surface area contributed by atoms with Gasteiger partial charge in [0.05, 0.1) is 0 Å². The molecule has 66 heavy (non-hydrogen) atoms. The molecule has 0 spiro atoms. The van der Waals surface area contributed by atoms with Gasteiger partial charge in [-0.05, 0) is 33.4 Å². The quantitative estimate of drug-likeness (QED) is 0.0243. The Balaban J connectivity index is 0.992. The van der Waals surface area contributed by atoms with Crippen molar-refractivity contribution in [3.8, 4) is 0 Å². The highest BCUT2D eigenvalue weighted by atomic mass is 32.2. The minimum atomic E-state index is -1.05. The number of ketones is 1. The summed E-state index contributed by atoms with van der Waals surface area (Å²) in [5.74, 6) is -1.96. The first-order valence-electron chi connectivity index (χ1n) is 21.2.